The molecule has 1 heterocycles. The zero-order chi connectivity index (χ0) is 14.2. The van der Waals surface area contributed by atoms with Gasteiger partial charge >= 0.3 is 0 Å². The Kier molecular flexibility index (Phi) is 6.43. The van der Waals surface area contributed by atoms with Crippen LogP contribution in [0, 0.1) is 5.82 Å². The maximum Gasteiger partial charge on any atom is 0.128 e. The van der Waals surface area contributed by atoms with E-state index in [1.54, 1.807) is 6.07 Å². The monoisotopic (exact) mass is 281 g/mol. The first-order chi connectivity index (χ1) is 9.81. The summed E-state index contributed by atoms with van der Waals surface area (Å²) in [5, 5.41) is 3.27. The lowest BCUT2D eigenvalue weighted by Gasteiger charge is -2.24. The van der Waals surface area contributed by atoms with Gasteiger partial charge in [0, 0.05) is 12.2 Å². The Morgan fingerprint density at radius 2 is 2.25 bits per heavy atom. The van der Waals surface area contributed by atoms with Crippen LogP contribution in [-0.4, -0.2) is 32.5 Å². The zero-order valence-electron chi connectivity index (χ0n) is 12.1. The van der Waals surface area contributed by atoms with Gasteiger partial charge < -0.3 is 14.8 Å². The summed E-state index contributed by atoms with van der Waals surface area (Å²) >= 11 is 0. The number of hydrogen-bond acceptors (Lipinski definition) is 3. The first kappa shape index (κ1) is 15.4. The molecule has 0 aromatic heterocycles. The van der Waals surface area contributed by atoms with E-state index in [9.17, 15) is 4.39 Å². The maximum atomic E-state index is 13.8. The first-order valence-corrected chi connectivity index (χ1v) is 7.48. The minimum absolute atomic E-state index is 0.107. The normalized spacial score (nSPS) is 20.8. The van der Waals surface area contributed by atoms with Crippen LogP contribution in [0.3, 0.4) is 0 Å². The van der Waals surface area contributed by atoms with Crippen molar-refractivity contribution in [2.75, 3.05) is 26.4 Å². The molecule has 0 amide bonds. The van der Waals surface area contributed by atoms with E-state index in [0.717, 1.165) is 26.0 Å². The highest BCUT2D eigenvalue weighted by atomic mass is 19.1. The van der Waals surface area contributed by atoms with Crippen LogP contribution >= 0.6 is 0 Å². The summed E-state index contributed by atoms with van der Waals surface area (Å²) in [6, 6.07) is 6.75. The number of ether oxygens (including phenoxy) is 2. The molecule has 0 aliphatic carbocycles. The maximum absolute atomic E-state index is 13.8. The van der Waals surface area contributed by atoms with Crippen molar-refractivity contribution in [3.63, 3.8) is 0 Å². The molecule has 0 saturated carbocycles. The average Bonchev–Trinajstić information content (AvgIpc) is 2.48. The summed E-state index contributed by atoms with van der Waals surface area (Å²) in [6.45, 7) is 4.68. The van der Waals surface area contributed by atoms with Crippen molar-refractivity contribution in [2.45, 2.75) is 38.3 Å². The molecule has 0 spiro atoms. The molecule has 1 aromatic rings. The van der Waals surface area contributed by atoms with Gasteiger partial charge in [-0.15, -0.1) is 0 Å². The summed E-state index contributed by atoms with van der Waals surface area (Å²) in [7, 11) is 0. The molecule has 1 saturated heterocycles. The molecule has 2 unspecified atom stereocenters. The quantitative estimate of drug-likeness (QED) is 0.833. The molecular weight excluding hydrogens is 257 g/mol. The summed E-state index contributed by atoms with van der Waals surface area (Å²) in [5.41, 5.74) is 0.666. The highest BCUT2D eigenvalue weighted by molar-refractivity contribution is 5.21. The van der Waals surface area contributed by atoms with Crippen molar-refractivity contribution in [3.8, 4) is 0 Å². The predicted octanol–water partition coefficient (Wildman–Crippen LogP) is 3.06. The Labute approximate surface area is 120 Å². The van der Waals surface area contributed by atoms with Crippen molar-refractivity contribution in [1.29, 1.82) is 0 Å². The lowest BCUT2D eigenvalue weighted by atomic mass is 10.1. The molecule has 0 bridgehead atoms. The first-order valence-electron chi connectivity index (χ1n) is 7.48. The van der Waals surface area contributed by atoms with Gasteiger partial charge in [-0.05, 0) is 31.9 Å². The topological polar surface area (TPSA) is 30.5 Å². The Morgan fingerprint density at radius 1 is 1.40 bits per heavy atom. The van der Waals surface area contributed by atoms with Crippen LogP contribution in [0.1, 0.15) is 37.8 Å². The molecule has 112 valence electrons. The van der Waals surface area contributed by atoms with E-state index in [4.69, 9.17) is 9.47 Å². The lowest BCUT2D eigenvalue weighted by Crippen LogP contribution is -2.29. The second kappa shape index (κ2) is 8.35. The van der Waals surface area contributed by atoms with Crippen LogP contribution in [-0.2, 0) is 9.47 Å². The van der Waals surface area contributed by atoms with E-state index < -0.39 is 0 Å². The minimum Gasteiger partial charge on any atom is -0.377 e. The van der Waals surface area contributed by atoms with Gasteiger partial charge in [0.1, 0.15) is 5.82 Å². The van der Waals surface area contributed by atoms with Crippen LogP contribution in [0.25, 0.3) is 0 Å². The largest absolute Gasteiger partial charge is 0.377 e. The summed E-state index contributed by atoms with van der Waals surface area (Å²) in [5.74, 6) is -0.184. The van der Waals surface area contributed by atoms with Gasteiger partial charge in [-0.1, -0.05) is 25.1 Å². The smallest absolute Gasteiger partial charge is 0.128 e. The van der Waals surface area contributed by atoms with Crippen LogP contribution in [0.4, 0.5) is 4.39 Å². The van der Waals surface area contributed by atoms with E-state index >= 15 is 0 Å². The number of hydrogen-bond donors (Lipinski definition) is 1. The van der Waals surface area contributed by atoms with Crippen molar-refractivity contribution >= 4 is 0 Å². The van der Waals surface area contributed by atoms with Gasteiger partial charge in [0.05, 0.1) is 25.4 Å². The molecule has 1 aliphatic heterocycles. The number of likely N-dealkylation sites (N-methyl/N-ethyl adjacent to an activating group) is 1. The third-order valence-electron chi connectivity index (χ3n) is 3.59. The van der Waals surface area contributed by atoms with Gasteiger partial charge in [-0.3, -0.25) is 0 Å². The van der Waals surface area contributed by atoms with Gasteiger partial charge in [-0.2, -0.15) is 0 Å². The Morgan fingerprint density at radius 3 is 2.95 bits per heavy atom. The third kappa shape index (κ3) is 4.54. The molecule has 2 atom stereocenters. The predicted molar refractivity (Wildman–Crippen MR) is 77.2 cm³/mol. The minimum atomic E-state index is -0.184. The Hall–Kier alpha value is -0.970. The standard InChI is InChI=1S/C16H24FNO2/c1-2-18-16(14-8-3-4-9-15(14)17)12-19-11-13-7-5-6-10-20-13/h3-4,8-9,13,16,18H,2,5-7,10-12H2,1H3. The van der Waals surface area contributed by atoms with Crippen LogP contribution < -0.4 is 5.32 Å². The zero-order valence-corrected chi connectivity index (χ0v) is 12.1. The van der Waals surface area contributed by atoms with E-state index in [0.29, 0.717) is 18.8 Å². The van der Waals surface area contributed by atoms with Gasteiger partial charge in [0.15, 0.2) is 0 Å². The van der Waals surface area contributed by atoms with E-state index in [-0.39, 0.29) is 18.0 Å². The molecule has 1 fully saturated rings. The van der Waals surface area contributed by atoms with Crippen molar-refractivity contribution in [3.05, 3.63) is 35.6 Å². The van der Waals surface area contributed by atoms with E-state index in [2.05, 4.69) is 5.32 Å². The van der Waals surface area contributed by atoms with Crippen LogP contribution in [0.15, 0.2) is 24.3 Å². The summed E-state index contributed by atoms with van der Waals surface area (Å²) in [6.07, 6.45) is 3.61. The SMILES string of the molecule is CCNC(COCC1CCCCO1)c1ccccc1F. The lowest BCUT2D eigenvalue weighted by molar-refractivity contribution is -0.0443. The highest BCUT2D eigenvalue weighted by Gasteiger charge is 2.17. The second-order valence-corrected chi connectivity index (χ2v) is 5.16. The molecule has 1 aliphatic rings. The van der Waals surface area contributed by atoms with Crippen LogP contribution in [0.5, 0.6) is 0 Å². The average molecular weight is 281 g/mol. The van der Waals surface area contributed by atoms with E-state index in [1.807, 2.05) is 19.1 Å². The van der Waals surface area contributed by atoms with Crippen molar-refractivity contribution < 1.29 is 13.9 Å². The molecule has 3 nitrogen and oxygen atoms in total. The number of halogens is 1. The molecule has 0 radical (unpaired) electrons. The third-order valence-corrected chi connectivity index (χ3v) is 3.59. The summed E-state index contributed by atoms with van der Waals surface area (Å²) in [4.78, 5) is 0. The number of benzene rings is 1. The fourth-order valence-corrected chi connectivity index (χ4v) is 2.52. The van der Waals surface area contributed by atoms with Crippen molar-refractivity contribution in [2.24, 2.45) is 0 Å². The Bertz CT molecular complexity index is 394. The fraction of sp³-hybridized carbons (Fsp3) is 0.625. The van der Waals surface area contributed by atoms with Gasteiger partial charge in [-0.25, -0.2) is 4.39 Å². The second-order valence-electron chi connectivity index (χ2n) is 5.16. The molecule has 1 aromatic carbocycles. The molecule has 20 heavy (non-hydrogen) atoms. The van der Waals surface area contributed by atoms with Gasteiger partial charge in [0.2, 0.25) is 0 Å². The summed E-state index contributed by atoms with van der Waals surface area (Å²) < 4.78 is 25.2. The van der Waals surface area contributed by atoms with Gasteiger partial charge in [0.25, 0.3) is 0 Å². The molecular formula is C16H24FNO2. The molecule has 4 heteroatoms. The number of rotatable bonds is 7. The van der Waals surface area contributed by atoms with Crippen molar-refractivity contribution in [1.82, 2.24) is 5.32 Å². The molecule has 1 N–H and O–H groups in total. The number of nitrogens with one attached hydrogen (secondary N) is 1. The fourth-order valence-electron chi connectivity index (χ4n) is 2.52. The highest BCUT2D eigenvalue weighted by Crippen LogP contribution is 2.18. The Balaban J connectivity index is 1.84. The van der Waals surface area contributed by atoms with Crippen LogP contribution in [0.2, 0.25) is 0 Å². The van der Waals surface area contributed by atoms with E-state index in [1.165, 1.54) is 12.5 Å². The molecule has 2 rings (SSSR count).